The summed E-state index contributed by atoms with van der Waals surface area (Å²) >= 11 is 0. The van der Waals surface area contributed by atoms with Gasteiger partial charge in [0.15, 0.2) is 0 Å². The highest BCUT2D eigenvalue weighted by Crippen LogP contribution is 2.12. The fraction of sp³-hybridized carbons (Fsp3) is 0.706. The first kappa shape index (κ1) is 17.9. The highest BCUT2D eigenvalue weighted by atomic mass is 16.5. The summed E-state index contributed by atoms with van der Waals surface area (Å²) in [6.07, 6.45) is 5.65. The summed E-state index contributed by atoms with van der Waals surface area (Å²) < 4.78 is 5.73. The van der Waals surface area contributed by atoms with Crippen LogP contribution in [0.3, 0.4) is 0 Å². The molecule has 2 aliphatic rings. The minimum Gasteiger partial charge on any atom is -0.373 e. The molecule has 1 aromatic heterocycles. The van der Waals surface area contributed by atoms with Crippen molar-refractivity contribution in [3.63, 3.8) is 0 Å². The Morgan fingerprint density at radius 2 is 1.92 bits per heavy atom. The Kier molecular flexibility index (Phi) is 6.04. The molecule has 3 rings (SSSR count). The van der Waals surface area contributed by atoms with E-state index in [9.17, 15) is 4.79 Å². The molecule has 2 aliphatic heterocycles. The maximum atomic E-state index is 12.3. The molecule has 0 bridgehead atoms. The van der Waals surface area contributed by atoms with Crippen LogP contribution < -0.4 is 10.2 Å². The van der Waals surface area contributed by atoms with Crippen molar-refractivity contribution in [2.24, 2.45) is 0 Å². The lowest BCUT2D eigenvalue weighted by molar-refractivity contribution is -0.0672. The van der Waals surface area contributed by atoms with Gasteiger partial charge in [0.1, 0.15) is 5.82 Å². The molecule has 8 heteroatoms. The van der Waals surface area contributed by atoms with Gasteiger partial charge in [-0.2, -0.15) is 0 Å². The fourth-order valence-corrected chi connectivity index (χ4v) is 3.49. The molecule has 0 aliphatic carbocycles. The Hall–Kier alpha value is -1.93. The quantitative estimate of drug-likeness (QED) is 0.850. The maximum Gasteiger partial charge on any atom is 0.317 e. The zero-order valence-electron chi connectivity index (χ0n) is 15.1. The van der Waals surface area contributed by atoms with E-state index < -0.39 is 0 Å². The van der Waals surface area contributed by atoms with Gasteiger partial charge >= 0.3 is 6.03 Å². The van der Waals surface area contributed by atoms with Crippen molar-refractivity contribution in [3.8, 4) is 0 Å². The zero-order valence-corrected chi connectivity index (χ0v) is 15.1. The molecule has 2 atom stereocenters. The highest BCUT2D eigenvalue weighted by molar-refractivity contribution is 5.74. The Labute approximate surface area is 149 Å². The summed E-state index contributed by atoms with van der Waals surface area (Å²) in [5, 5.41) is 3.04. The van der Waals surface area contributed by atoms with E-state index in [-0.39, 0.29) is 18.2 Å². The molecule has 0 saturated carbocycles. The normalized spacial score (nSPS) is 25.0. The number of morpholine rings is 1. The van der Waals surface area contributed by atoms with Gasteiger partial charge in [0.2, 0.25) is 0 Å². The first-order valence-corrected chi connectivity index (χ1v) is 9.03. The van der Waals surface area contributed by atoms with E-state index in [1.807, 2.05) is 4.90 Å². The maximum absolute atomic E-state index is 12.3. The van der Waals surface area contributed by atoms with E-state index in [2.05, 4.69) is 38.9 Å². The lowest BCUT2D eigenvalue weighted by atomic mass is 10.2. The molecule has 2 fully saturated rings. The number of nitrogens with one attached hydrogen (secondary N) is 1. The van der Waals surface area contributed by atoms with E-state index in [0.29, 0.717) is 19.6 Å². The van der Waals surface area contributed by atoms with Gasteiger partial charge in [-0.25, -0.2) is 9.78 Å². The zero-order chi connectivity index (χ0) is 17.6. The molecule has 0 aromatic carbocycles. The molecule has 0 radical (unpaired) electrons. The second-order valence-electron chi connectivity index (χ2n) is 6.79. The van der Waals surface area contributed by atoms with Gasteiger partial charge in [-0.05, 0) is 13.8 Å². The fourth-order valence-electron chi connectivity index (χ4n) is 3.49. The number of nitrogens with zero attached hydrogens (tertiary/aromatic N) is 5. The summed E-state index contributed by atoms with van der Waals surface area (Å²) in [6.45, 7) is 10.5. The van der Waals surface area contributed by atoms with E-state index in [1.54, 1.807) is 18.6 Å². The van der Waals surface area contributed by atoms with Crippen LogP contribution in [0.5, 0.6) is 0 Å². The van der Waals surface area contributed by atoms with Crippen LogP contribution in [-0.4, -0.2) is 90.4 Å². The van der Waals surface area contributed by atoms with Gasteiger partial charge < -0.3 is 19.9 Å². The van der Waals surface area contributed by atoms with Gasteiger partial charge in [0.05, 0.1) is 18.4 Å². The summed E-state index contributed by atoms with van der Waals surface area (Å²) in [4.78, 5) is 27.1. The van der Waals surface area contributed by atoms with Crippen LogP contribution in [0, 0.1) is 0 Å². The van der Waals surface area contributed by atoms with Gasteiger partial charge in [0, 0.05) is 64.8 Å². The van der Waals surface area contributed by atoms with Crippen molar-refractivity contribution in [3.05, 3.63) is 18.6 Å². The number of piperazine rings is 1. The van der Waals surface area contributed by atoms with Gasteiger partial charge in [-0.1, -0.05) is 0 Å². The average molecular weight is 348 g/mol. The monoisotopic (exact) mass is 348 g/mol. The molecular weight excluding hydrogens is 320 g/mol. The van der Waals surface area contributed by atoms with Crippen molar-refractivity contribution in [1.29, 1.82) is 0 Å². The van der Waals surface area contributed by atoms with Crippen LogP contribution in [-0.2, 0) is 4.74 Å². The Morgan fingerprint density at radius 1 is 1.20 bits per heavy atom. The lowest BCUT2D eigenvalue weighted by Gasteiger charge is -2.36. The van der Waals surface area contributed by atoms with Crippen molar-refractivity contribution in [2.75, 3.05) is 57.3 Å². The molecule has 0 spiro atoms. The molecule has 2 amide bonds. The van der Waals surface area contributed by atoms with Crippen molar-refractivity contribution < 1.29 is 9.53 Å². The van der Waals surface area contributed by atoms with Crippen molar-refractivity contribution in [1.82, 2.24) is 25.1 Å². The molecule has 0 unspecified atom stereocenters. The topological polar surface area (TPSA) is 73.8 Å². The number of anilines is 1. The summed E-state index contributed by atoms with van der Waals surface area (Å²) in [7, 11) is 0. The summed E-state index contributed by atoms with van der Waals surface area (Å²) in [5.41, 5.74) is 0. The number of ether oxygens (including phenoxy) is 1. The number of urea groups is 1. The van der Waals surface area contributed by atoms with Crippen molar-refractivity contribution >= 4 is 11.8 Å². The minimum absolute atomic E-state index is 0.0214. The van der Waals surface area contributed by atoms with Crippen LogP contribution >= 0.6 is 0 Å². The first-order valence-electron chi connectivity index (χ1n) is 9.03. The van der Waals surface area contributed by atoms with Crippen LogP contribution in [0.2, 0.25) is 0 Å². The Bertz CT molecular complexity index is 539. The molecule has 8 nitrogen and oxygen atoms in total. The van der Waals surface area contributed by atoms with Gasteiger partial charge in [-0.15, -0.1) is 0 Å². The SMILES string of the molecule is C[C@@H]1CN(CCNC(=O)N2CCN(c3cnccn3)CC2)C[C@H](C)O1. The van der Waals surface area contributed by atoms with Crippen LogP contribution in [0.4, 0.5) is 10.6 Å². The number of rotatable bonds is 4. The second kappa shape index (κ2) is 8.44. The number of amides is 2. The standard InChI is InChI=1S/C17H28N6O2/c1-14-12-21(13-15(2)25-14)6-5-20-17(24)23-9-7-22(8-10-23)16-11-18-3-4-19-16/h3-4,11,14-15H,5-10,12-13H2,1-2H3,(H,20,24)/t14-,15+. The van der Waals surface area contributed by atoms with Crippen LogP contribution in [0.1, 0.15) is 13.8 Å². The van der Waals surface area contributed by atoms with Crippen molar-refractivity contribution in [2.45, 2.75) is 26.1 Å². The predicted octanol–water partition coefficient (Wildman–Crippen LogP) is 0.417. The molecule has 25 heavy (non-hydrogen) atoms. The largest absolute Gasteiger partial charge is 0.373 e. The summed E-state index contributed by atoms with van der Waals surface area (Å²) in [5.74, 6) is 0.873. The summed E-state index contributed by atoms with van der Waals surface area (Å²) in [6, 6.07) is 0.0214. The van der Waals surface area contributed by atoms with Crippen LogP contribution in [0.25, 0.3) is 0 Å². The molecule has 3 heterocycles. The third kappa shape index (κ3) is 5.02. The molecule has 1 N–H and O–H groups in total. The average Bonchev–Trinajstić information content (AvgIpc) is 2.62. The van der Waals surface area contributed by atoms with E-state index >= 15 is 0 Å². The third-order valence-corrected chi connectivity index (χ3v) is 4.64. The number of carbonyl (C=O) groups excluding carboxylic acids is 1. The number of hydrogen-bond donors (Lipinski definition) is 1. The smallest absolute Gasteiger partial charge is 0.317 e. The van der Waals surface area contributed by atoms with Crippen LogP contribution in [0.15, 0.2) is 18.6 Å². The number of aromatic nitrogens is 2. The van der Waals surface area contributed by atoms with E-state index in [0.717, 1.165) is 38.5 Å². The van der Waals surface area contributed by atoms with E-state index in [4.69, 9.17) is 4.74 Å². The molecule has 1 aromatic rings. The minimum atomic E-state index is 0.0214. The number of carbonyl (C=O) groups is 1. The lowest BCUT2D eigenvalue weighted by Crippen LogP contribution is -2.53. The molecule has 2 saturated heterocycles. The Balaban J connectivity index is 1.37. The number of hydrogen-bond acceptors (Lipinski definition) is 6. The first-order chi connectivity index (χ1) is 12.1. The second-order valence-corrected chi connectivity index (χ2v) is 6.79. The van der Waals surface area contributed by atoms with Gasteiger partial charge in [-0.3, -0.25) is 9.88 Å². The molecular formula is C17H28N6O2. The molecule has 138 valence electrons. The van der Waals surface area contributed by atoms with E-state index in [1.165, 1.54) is 0 Å². The highest BCUT2D eigenvalue weighted by Gasteiger charge is 2.23. The predicted molar refractivity (Wildman–Crippen MR) is 95.7 cm³/mol. The third-order valence-electron chi connectivity index (χ3n) is 4.64. The Morgan fingerprint density at radius 3 is 2.56 bits per heavy atom. The van der Waals surface area contributed by atoms with Gasteiger partial charge in [0.25, 0.3) is 0 Å².